The van der Waals surface area contributed by atoms with Crippen LogP contribution in [-0.2, 0) is 13.0 Å². The smallest absolute Gasteiger partial charge is 0.156 e. The van der Waals surface area contributed by atoms with E-state index in [-0.39, 0.29) is 6.04 Å². The van der Waals surface area contributed by atoms with Crippen molar-refractivity contribution in [3.05, 3.63) is 35.4 Å². The molecule has 0 spiro atoms. The molecule has 0 aromatic heterocycles. The van der Waals surface area contributed by atoms with E-state index in [0.717, 1.165) is 25.9 Å². The fourth-order valence-corrected chi connectivity index (χ4v) is 2.50. The zero-order valence-electron chi connectivity index (χ0n) is 10.1. The number of hydrogen-bond donors (Lipinski definition) is 2. The summed E-state index contributed by atoms with van der Waals surface area (Å²) in [5.74, 6) is 0.312. The van der Waals surface area contributed by atoms with Crippen LogP contribution < -0.4 is 5.73 Å². The van der Waals surface area contributed by atoms with Gasteiger partial charge in [-0.15, -0.1) is 0 Å². The lowest BCUT2D eigenvalue weighted by molar-refractivity contribution is 0.211. The van der Waals surface area contributed by atoms with Crippen molar-refractivity contribution in [1.29, 1.82) is 0 Å². The molecule has 4 heteroatoms. The summed E-state index contributed by atoms with van der Waals surface area (Å²) in [7, 11) is 0. The Balaban J connectivity index is 2.16. The Morgan fingerprint density at radius 1 is 1.47 bits per heavy atom. The number of fused-ring (bicyclic) bond motifs is 1. The Morgan fingerprint density at radius 2 is 2.18 bits per heavy atom. The molecule has 0 radical (unpaired) electrons. The maximum absolute atomic E-state index is 8.80. The summed E-state index contributed by atoms with van der Waals surface area (Å²) in [5.41, 5.74) is 8.50. The van der Waals surface area contributed by atoms with Gasteiger partial charge in [0.25, 0.3) is 0 Å². The molecule has 92 valence electrons. The largest absolute Gasteiger partial charge is 0.409 e. The molecular formula is C13H19N3O. The molecule has 0 bridgehead atoms. The molecule has 1 unspecified atom stereocenters. The third kappa shape index (κ3) is 2.42. The average molecular weight is 233 g/mol. The van der Waals surface area contributed by atoms with Gasteiger partial charge < -0.3 is 10.9 Å². The van der Waals surface area contributed by atoms with Crippen LogP contribution in [-0.4, -0.2) is 28.5 Å². The van der Waals surface area contributed by atoms with E-state index in [4.69, 9.17) is 10.9 Å². The first-order valence-corrected chi connectivity index (χ1v) is 6.04. The molecule has 1 aliphatic rings. The van der Waals surface area contributed by atoms with E-state index < -0.39 is 0 Å². The lowest BCUT2D eigenvalue weighted by Gasteiger charge is -2.34. The summed E-state index contributed by atoms with van der Waals surface area (Å²) in [6.45, 7) is 3.90. The maximum atomic E-state index is 8.80. The third-order valence-electron chi connectivity index (χ3n) is 3.44. The maximum Gasteiger partial charge on any atom is 0.156 e. The highest BCUT2D eigenvalue weighted by atomic mass is 16.4. The third-order valence-corrected chi connectivity index (χ3v) is 3.44. The zero-order valence-corrected chi connectivity index (χ0v) is 10.1. The van der Waals surface area contributed by atoms with Gasteiger partial charge in [-0.1, -0.05) is 36.3 Å². The van der Waals surface area contributed by atoms with Gasteiger partial charge in [-0.25, -0.2) is 0 Å². The van der Waals surface area contributed by atoms with Crippen LogP contribution in [0.1, 0.15) is 24.5 Å². The molecule has 1 aromatic rings. The lowest BCUT2D eigenvalue weighted by atomic mass is 9.98. The number of benzene rings is 1. The minimum atomic E-state index is 0.0355. The van der Waals surface area contributed by atoms with Gasteiger partial charge in [0.1, 0.15) is 0 Å². The summed E-state index contributed by atoms with van der Waals surface area (Å²) in [4.78, 5) is 2.28. The van der Waals surface area contributed by atoms with Crippen molar-refractivity contribution < 1.29 is 5.21 Å². The van der Waals surface area contributed by atoms with Crippen LogP contribution in [0, 0.1) is 0 Å². The van der Waals surface area contributed by atoms with E-state index in [0.29, 0.717) is 5.84 Å². The van der Waals surface area contributed by atoms with Crippen LogP contribution in [0.15, 0.2) is 29.4 Å². The van der Waals surface area contributed by atoms with E-state index in [2.05, 4.69) is 41.2 Å². The van der Waals surface area contributed by atoms with Crippen LogP contribution in [0.5, 0.6) is 0 Å². The molecule has 1 atom stereocenters. The molecule has 4 nitrogen and oxygen atoms in total. The SMILES string of the molecule is CCC(C(N)=NO)N1CCc2ccccc2C1. The second-order valence-corrected chi connectivity index (χ2v) is 4.44. The number of hydrogen-bond acceptors (Lipinski definition) is 3. The first-order chi connectivity index (χ1) is 8.26. The van der Waals surface area contributed by atoms with E-state index in [1.165, 1.54) is 11.1 Å². The summed E-state index contributed by atoms with van der Waals surface area (Å²) in [5, 5.41) is 11.9. The predicted molar refractivity (Wildman–Crippen MR) is 68.0 cm³/mol. The highest BCUT2D eigenvalue weighted by Gasteiger charge is 2.24. The molecule has 1 aromatic carbocycles. The summed E-state index contributed by atoms with van der Waals surface area (Å²) in [6, 6.07) is 8.51. The average Bonchev–Trinajstić information content (AvgIpc) is 2.39. The molecule has 17 heavy (non-hydrogen) atoms. The second kappa shape index (κ2) is 5.19. The molecule has 1 aliphatic heterocycles. The molecule has 2 rings (SSSR count). The Morgan fingerprint density at radius 3 is 2.82 bits per heavy atom. The molecular weight excluding hydrogens is 214 g/mol. The Bertz CT molecular complexity index is 417. The molecule has 0 saturated carbocycles. The number of rotatable bonds is 3. The van der Waals surface area contributed by atoms with Crippen LogP contribution in [0.25, 0.3) is 0 Å². The van der Waals surface area contributed by atoms with Gasteiger partial charge >= 0.3 is 0 Å². The van der Waals surface area contributed by atoms with Crippen molar-refractivity contribution in [2.24, 2.45) is 10.9 Å². The normalized spacial score (nSPS) is 18.8. The molecule has 3 N–H and O–H groups in total. The van der Waals surface area contributed by atoms with Gasteiger partial charge in [0, 0.05) is 13.1 Å². The fourth-order valence-electron chi connectivity index (χ4n) is 2.50. The fraction of sp³-hybridized carbons (Fsp3) is 0.462. The standard InChI is InChI=1S/C13H19N3O/c1-2-12(13(14)15-17)16-8-7-10-5-3-4-6-11(10)9-16/h3-6,12,17H,2,7-9H2,1H3,(H2,14,15). The molecule has 0 amide bonds. The Labute approximate surface area is 102 Å². The van der Waals surface area contributed by atoms with Crippen molar-refractivity contribution >= 4 is 5.84 Å². The first-order valence-electron chi connectivity index (χ1n) is 6.04. The Hall–Kier alpha value is -1.55. The van der Waals surface area contributed by atoms with Crippen molar-refractivity contribution in [2.45, 2.75) is 32.4 Å². The summed E-state index contributed by atoms with van der Waals surface area (Å²) in [6.07, 6.45) is 1.89. The van der Waals surface area contributed by atoms with E-state index in [9.17, 15) is 0 Å². The molecule has 1 heterocycles. The molecule has 0 aliphatic carbocycles. The van der Waals surface area contributed by atoms with Crippen LogP contribution in [0.3, 0.4) is 0 Å². The van der Waals surface area contributed by atoms with Gasteiger partial charge in [-0.3, -0.25) is 4.90 Å². The number of amidine groups is 1. The van der Waals surface area contributed by atoms with Crippen LogP contribution in [0.4, 0.5) is 0 Å². The van der Waals surface area contributed by atoms with Crippen molar-refractivity contribution in [3.8, 4) is 0 Å². The number of oxime groups is 1. The van der Waals surface area contributed by atoms with Crippen molar-refractivity contribution in [2.75, 3.05) is 6.54 Å². The van der Waals surface area contributed by atoms with Gasteiger partial charge in [-0.2, -0.15) is 0 Å². The lowest BCUT2D eigenvalue weighted by Crippen LogP contribution is -2.46. The summed E-state index contributed by atoms with van der Waals surface area (Å²) < 4.78 is 0. The van der Waals surface area contributed by atoms with Crippen LogP contribution >= 0.6 is 0 Å². The van der Waals surface area contributed by atoms with Crippen LogP contribution in [0.2, 0.25) is 0 Å². The molecule has 0 saturated heterocycles. The zero-order chi connectivity index (χ0) is 12.3. The topological polar surface area (TPSA) is 61.9 Å². The minimum absolute atomic E-state index is 0.0355. The van der Waals surface area contributed by atoms with E-state index >= 15 is 0 Å². The minimum Gasteiger partial charge on any atom is -0.409 e. The number of nitrogens with zero attached hydrogens (tertiary/aromatic N) is 2. The van der Waals surface area contributed by atoms with E-state index in [1.807, 2.05) is 0 Å². The second-order valence-electron chi connectivity index (χ2n) is 4.44. The van der Waals surface area contributed by atoms with Gasteiger partial charge in [0.15, 0.2) is 5.84 Å². The Kier molecular flexibility index (Phi) is 3.64. The van der Waals surface area contributed by atoms with E-state index in [1.54, 1.807) is 0 Å². The molecule has 0 fully saturated rings. The van der Waals surface area contributed by atoms with Gasteiger partial charge in [0.05, 0.1) is 6.04 Å². The number of nitrogens with two attached hydrogens (primary N) is 1. The highest BCUT2D eigenvalue weighted by Crippen LogP contribution is 2.21. The van der Waals surface area contributed by atoms with Gasteiger partial charge in [0.2, 0.25) is 0 Å². The van der Waals surface area contributed by atoms with Crippen molar-refractivity contribution in [1.82, 2.24) is 4.90 Å². The van der Waals surface area contributed by atoms with Crippen molar-refractivity contribution in [3.63, 3.8) is 0 Å². The quantitative estimate of drug-likeness (QED) is 0.360. The van der Waals surface area contributed by atoms with Gasteiger partial charge in [-0.05, 0) is 24.0 Å². The first kappa shape index (κ1) is 11.9. The predicted octanol–water partition coefficient (Wildman–Crippen LogP) is 1.57. The highest BCUT2D eigenvalue weighted by molar-refractivity contribution is 5.85. The monoisotopic (exact) mass is 233 g/mol. The summed E-state index contributed by atoms with van der Waals surface area (Å²) >= 11 is 0.